The third-order valence-corrected chi connectivity index (χ3v) is 16.2. The molecule has 2 saturated heterocycles. The Morgan fingerprint density at radius 3 is 1.63 bits per heavy atom. The van der Waals surface area contributed by atoms with Crippen LogP contribution in [0.3, 0.4) is 0 Å². The topological polar surface area (TPSA) is 46.2 Å². The maximum atomic E-state index is 7.07. The lowest BCUT2D eigenvalue weighted by Crippen LogP contribution is -2.55. The monoisotopic (exact) mass is 620 g/mol. The van der Waals surface area contributed by atoms with Crippen molar-refractivity contribution in [1.29, 1.82) is 0 Å². The largest absolute Gasteiger partial charge is 0.413 e. The average Bonchev–Trinajstić information content (AvgIpc) is 3.25. The van der Waals surface area contributed by atoms with E-state index in [-0.39, 0.29) is 36.0 Å². The van der Waals surface area contributed by atoms with Crippen molar-refractivity contribution in [2.24, 2.45) is 0 Å². The molecule has 0 aliphatic carbocycles. The number of hydrogen-bond donors (Lipinski definition) is 0. The van der Waals surface area contributed by atoms with Gasteiger partial charge in [-0.1, -0.05) is 132 Å². The van der Waals surface area contributed by atoms with E-state index in [1.54, 1.807) is 11.8 Å². The van der Waals surface area contributed by atoms with Crippen molar-refractivity contribution in [3.05, 3.63) is 102 Å². The third kappa shape index (κ3) is 7.47. The normalized spacial score (nSPS) is 25.6. The highest BCUT2D eigenvalue weighted by molar-refractivity contribution is 7.99. The predicted octanol–water partition coefficient (Wildman–Crippen LogP) is 8.63. The SMILES string of the molecule is CC(C)[Si](OC[C@H]1O[C@H]2[C@H](OCc3ccccc3)[C@@H]1O[C@H](Sc1ccccc1)[C@H]2OCc1ccccc1)(C(C)C)C(C)C. The van der Waals surface area contributed by atoms with Crippen molar-refractivity contribution in [3.63, 3.8) is 0 Å². The summed E-state index contributed by atoms with van der Waals surface area (Å²) in [6.45, 7) is 15.4. The van der Waals surface area contributed by atoms with E-state index in [9.17, 15) is 0 Å². The molecule has 2 fully saturated rings. The van der Waals surface area contributed by atoms with Gasteiger partial charge in [-0.25, -0.2) is 0 Å². The Bertz CT molecular complexity index is 1220. The molecule has 0 aromatic heterocycles. The van der Waals surface area contributed by atoms with Crippen molar-refractivity contribution in [3.8, 4) is 0 Å². The second-order valence-electron chi connectivity index (χ2n) is 12.7. The van der Waals surface area contributed by atoms with Crippen molar-refractivity contribution < 1.29 is 23.4 Å². The molecule has 0 unspecified atom stereocenters. The van der Waals surface area contributed by atoms with Crippen molar-refractivity contribution in [2.45, 2.75) is 112 Å². The van der Waals surface area contributed by atoms with Crippen molar-refractivity contribution in [1.82, 2.24) is 0 Å². The molecule has 5 nitrogen and oxygen atoms in total. The van der Waals surface area contributed by atoms with Gasteiger partial charge in [0.15, 0.2) is 8.32 Å². The van der Waals surface area contributed by atoms with E-state index in [2.05, 4.69) is 90.1 Å². The molecule has 2 heterocycles. The van der Waals surface area contributed by atoms with Gasteiger partial charge in [0.25, 0.3) is 0 Å². The fourth-order valence-corrected chi connectivity index (χ4v) is 13.6. The number of benzene rings is 3. The van der Waals surface area contributed by atoms with E-state index in [0.717, 1.165) is 16.0 Å². The van der Waals surface area contributed by atoms with E-state index in [1.807, 2.05) is 42.5 Å². The highest BCUT2D eigenvalue weighted by Crippen LogP contribution is 2.46. The Labute approximate surface area is 263 Å². The van der Waals surface area contributed by atoms with Crippen LogP contribution in [0.2, 0.25) is 16.6 Å². The fraction of sp³-hybridized carbons (Fsp3) is 0.500. The molecule has 0 N–H and O–H groups in total. The molecule has 7 heteroatoms. The summed E-state index contributed by atoms with van der Waals surface area (Å²) in [5.74, 6) is 0. The average molecular weight is 621 g/mol. The summed E-state index contributed by atoms with van der Waals surface area (Å²) in [4.78, 5) is 1.14. The van der Waals surface area contributed by atoms with Crippen LogP contribution in [-0.2, 0) is 36.6 Å². The van der Waals surface area contributed by atoms with Crippen molar-refractivity contribution >= 4 is 20.1 Å². The summed E-state index contributed by atoms with van der Waals surface area (Å²) in [7, 11) is -2.10. The maximum absolute atomic E-state index is 7.07. The lowest BCUT2D eigenvalue weighted by Gasteiger charge is -2.43. The van der Waals surface area contributed by atoms with Crippen LogP contribution in [0.25, 0.3) is 0 Å². The van der Waals surface area contributed by atoms with Gasteiger partial charge in [0, 0.05) is 4.90 Å². The molecule has 232 valence electrons. The van der Waals surface area contributed by atoms with Gasteiger partial charge in [0.05, 0.1) is 19.8 Å². The van der Waals surface area contributed by atoms with Crippen molar-refractivity contribution in [2.75, 3.05) is 6.61 Å². The fourth-order valence-electron chi connectivity index (χ4n) is 7.06. The van der Waals surface area contributed by atoms with Gasteiger partial charge in [-0.2, -0.15) is 0 Å². The molecular formula is C36H48O5SSi. The quantitative estimate of drug-likeness (QED) is 0.168. The highest BCUT2D eigenvalue weighted by atomic mass is 32.2. The molecule has 6 atom stereocenters. The second kappa shape index (κ2) is 14.9. The molecule has 0 radical (unpaired) electrons. The Kier molecular flexibility index (Phi) is 11.2. The molecule has 0 amide bonds. The molecule has 3 aromatic rings. The number of ether oxygens (including phenoxy) is 4. The molecular weight excluding hydrogens is 573 g/mol. The van der Waals surface area contributed by atoms with Crippen LogP contribution in [0.4, 0.5) is 0 Å². The first-order valence-electron chi connectivity index (χ1n) is 15.8. The molecule has 0 saturated carbocycles. The Hall–Kier alpha value is -1.97. The Balaban J connectivity index is 1.42. The first-order chi connectivity index (χ1) is 20.8. The summed E-state index contributed by atoms with van der Waals surface area (Å²) in [5, 5.41) is 0. The van der Waals surface area contributed by atoms with Gasteiger partial charge in [-0.15, -0.1) is 0 Å². The first kappa shape index (κ1) is 32.4. The number of fused-ring (bicyclic) bond motifs is 2. The smallest absolute Gasteiger partial charge is 0.200 e. The molecule has 3 aromatic carbocycles. The van der Waals surface area contributed by atoms with Crippen LogP contribution in [-0.4, -0.2) is 50.9 Å². The number of hydrogen-bond acceptors (Lipinski definition) is 6. The molecule has 2 aliphatic rings. The van der Waals surface area contributed by atoms with E-state index in [0.29, 0.717) is 36.4 Å². The molecule has 2 bridgehead atoms. The maximum Gasteiger partial charge on any atom is 0.200 e. The lowest BCUT2D eigenvalue weighted by molar-refractivity contribution is -0.182. The minimum Gasteiger partial charge on any atom is -0.413 e. The van der Waals surface area contributed by atoms with E-state index in [4.69, 9.17) is 23.4 Å². The second-order valence-corrected chi connectivity index (χ2v) is 19.3. The zero-order valence-electron chi connectivity index (χ0n) is 26.4. The molecule has 0 spiro atoms. The van der Waals surface area contributed by atoms with Crippen LogP contribution < -0.4 is 0 Å². The van der Waals surface area contributed by atoms with Gasteiger partial charge in [-0.05, 0) is 39.9 Å². The van der Waals surface area contributed by atoms with Crippen LogP contribution in [0.5, 0.6) is 0 Å². The minimum absolute atomic E-state index is 0.238. The summed E-state index contributed by atoms with van der Waals surface area (Å²) in [6, 6.07) is 31.0. The number of thioether (sulfide) groups is 1. The number of rotatable bonds is 14. The van der Waals surface area contributed by atoms with Gasteiger partial charge in [0.1, 0.15) is 36.0 Å². The van der Waals surface area contributed by atoms with Gasteiger partial charge in [-0.3, -0.25) is 0 Å². The molecule has 2 aliphatic heterocycles. The van der Waals surface area contributed by atoms with Gasteiger partial charge in [0.2, 0.25) is 0 Å². The van der Waals surface area contributed by atoms with Crippen LogP contribution in [0.15, 0.2) is 95.9 Å². The summed E-state index contributed by atoms with van der Waals surface area (Å²) < 4.78 is 34.3. The van der Waals surface area contributed by atoms with E-state index < -0.39 is 8.32 Å². The zero-order chi connectivity index (χ0) is 30.4. The van der Waals surface area contributed by atoms with Gasteiger partial charge >= 0.3 is 0 Å². The van der Waals surface area contributed by atoms with E-state index >= 15 is 0 Å². The molecule has 5 rings (SSSR count). The highest BCUT2D eigenvalue weighted by Gasteiger charge is 2.58. The summed E-state index contributed by atoms with van der Waals surface area (Å²) >= 11 is 1.70. The molecule has 43 heavy (non-hydrogen) atoms. The van der Waals surface area contributed by atoms with E-state index in [1.165, 1.54) is 0 Å². The van der Waals surface area contributed by atoms with Gasteiger partial charge < -0.3 is 23.4 Å². The lowest BCUT2D eigenvalue weighted by atomic mass is 10.00. The Morgan fingerprint density at radius 2 is 1.12 bits per heavy atom. The standard InChI is InChI=1S/C36H48O5SSi/c1-25(2)43(26(3)4,27(5)6)39-24-31-32-33(37-22-28-16-10-7-11-17-28)34(40-31)35(38-23-29-18-12-8-13-19-29)36(41-32)42-30-20-14-9-15-21-30/h7-21,25-27,31-36H,22-24H2,1-6H3/t31-,32-,33-,34+,35+,36-/m1/s1. The summed E-state index contributed by atoms with van der Waals surface area (Å²) in [5.41, 5.74) is 3.47. The predicted molar refractivity (Wildman–Crippen MR) is 177 cm³/mol. The minimum atomic E-state index is -2.10. The summed E-state index contributed by atoms with van der Waals surface area (Å²) in [6.07, 6.45) is -1.37. The van der Waals surface area contributed by atoms with Crippen LogP contribution in [0.1, 0.15) is 52.7 Å². The third-order valence-electron chi connectivity index (χ3n) is 9.00. The van der Waals surface area contributed by atoms with Crippen LogP contribution >= 0.6 is 11.8 Å². The Morgan fingerprint density at radius 1 is 0.628 bits per heavy atom. The first-order valence-corrected chi connectivity index (χ1v) is 18.8. The zero-order valence-corrected chi connectivity index (χ0v) is 28.2. The van der Waals surface area contributed by atoms with Crippen LogP contribution in [0, 0.1) is 0 Å².